The molecule has 138 valence electrons. The number of aliphatic hydroxyl groups is 1. The number of aliphatic hydroxyl groups excluding tert-OH is 1. The molecule has 0 spiro atoms. The zero-order valence-electron chi connectivity index (χ0n) is 14.9. The lowest BCUT2D eigenvalue weighted by Crippen LogP contribution is -2.43. The highest BCUT2D eigenvalue weighted by Gasteiger charge is 2.27. The molecule has 1 fully saturated rings. The zero-order valence-corrected chi connectivity index (χ0v) is 14.9. The normalized spacial score (nSPS) is 19.4. The average Bonchev–Trinajstić information content (AvgIpc) is 3.07. The van der Waals surface area contributed by atoms with Crippen LogP contribution >= 0.6 is 0 Å². The molecule has 3 rings (SSSR count). The Kier molecular flexibility index (Phi) is 6.23. The van der Waals surface area contributed by atoms with Crippen LogP contribution in [-0.4, -0.2) is 36.1 Å². The molecule has 0 unspecified atom stereocenters. The summed E-state index contributed by atoms with van der Waals surface area (Å²) in [6.45, 7) is 0.144. The number of nitrogens with one attached hydrogen (secondary N) is 2. The Morgan fingerprint density at radius 2 is 1.85 bits per heavy atom. The first-order valence-electron chi connectivity index (χ1n) is 9.31. The average molecular weight is 354 g/mol. The highest BCUT2D eigenvalue weighted by atomic mass is 16.3. The monoisotopic (exact) mass is 354 g/mol. The van der Waals surface area contributed by atoms with Gasteiger partial charge in [-0.1, -0.05) is 48.9 Å². The summed E-state index contributed by atoms with van der Waals surface area (Å²) >= 11 is 0. The Bertz CT molecular complexity index is 769. The van der Waals surface area contributed by atoms with Crippen molar-refractivity contribution in [3.05, 3.63) is 48.0 Å². The van der Waals surface area contributed by atoms with Gasteiger partial charge in [0.05, 0.1) is 13.0 Å². The molecule has 2 aromatic carbocycles. The maximum Gasteiger partial charge on any atom is 0.239 e. The van der Waals surface area contributed by atoms with Crippen LogP contribution in [0.1, 0.15) is 31.2 Å². The number of hydrogen-bond donors (Lipinski definition) is 3. The van der Waals surface area contributed by atoms with Crippen molar-refractivity contribution in [2.75, 3.05) is 13.2 Å². The number of carbonyl (C=O) groups excluding carboxylic acids is 2. The van der Waals surface area contributed by atoms with Gasteiger partial charge in [0.1, 0.15) is 0 Å². The first-order chi connectivity index (χ1) is 12.7. The molecule has 0 saturated heterocycles. The van der Waals surface area contributed by atoms with E-state index >= 15 is 0 Å². The first kappa shape index (κ1) is 18.4. The predicted molar refractivity (Wildman–Crippen MR) is 102 cm³/mol. The van der Waals surface area contributed by atoms with Gasteiger partial charge in [-0.3, -0.25) is 9.59 Å². The van der Waals surface area contributed by atoms with Crippen molar-refractivity contribution < 1.29 is 14.7 Å². The van der Waals surface area contributed by atoms with Gasteiger partial charge in [0.2, 0.25) is 11.8 Å². The van der Waals surface area contributed by atoms with Crippen molar-refractivity contribution in [3.8, 4) is 0 Å². The Hall–Kier alpha value is -2.40. The lowest BCUT2D eigenvalue weighted by Gasteiger charge is -2.20. The molecule has 0 heterocycles. The third-order valence-electron chi connectivity index (χ3n) is 5.18. The van der Waals surface area contributed by atoms with Crippen LogP contribution in [0.2, 0.25) is 0 Å². The fraction of sp³-hybridized carbons (Fsp3) is 0.429. The third-order valence-corrected chi connectivity index (χ3v) is 5.18. The smallest absolute Gasteiger partial charge is 0.239 e. The van der Waals surface area contributed by atoms with Crippen molar-refractivity contribution in [2.24, 2.45) is 5.92 Å². The van der Waals surface area contributed by atoms with Crippen LogP contribution in [0, 0.1) is 5.92 Å². The third kappa shape index (κ3) is 4.61. The summed E-state index contributed by atoms with van der Waals surface area (Å²) < 4.78 is 0. The van der Waals surface area contributed by atoms with Crippen molar-refractivity contribution >= 4 is 22.6 Å². The Balaban J connectivity index is 1.50. The van der Waals surface area contributed by atoms with E-state index in [9.17, 15) is 9.59 Å². The molecule has 0 aliphatic heterocycles. The molecule has 2 atom stereocenters. The molecular formula is C21H26N2O3. The maximum absolute atomic E-state index is 12.2. The van der Waals surface area contributed by atoms with E-state index in [1.807, 2.05) is 42.5 Å². The van der Waals surface area contributed by atoms with Crippen LogP contribution in [0.15, 0.2) is 42.5 Å². The van der Waals surface area contributed by atoms with Crippen LogP contribution in [-0.2, 0) is 16.0 Å². The Labute approximate surface area is 153 Å². The maximum atomic E-state index is 12.2. The number of benzene rings is 2. The minimum absolute atomic E-state index is 0.00799. The lowest BCUT2D eigenvalue weighted by atomic mass is 10.00. The quantitative estimate of drug-likeness (QED) is 0.713. The van der Waals surface area contributed by atoms with Gasteiger partial charge in [0, 0.05) is 12.6 Å². The fourth-order valence-electron chi connectivity index (χ4n) is 3.86. The molecule has 0 radical (unpaired) electrons. The molecular weight excluding hydrogens is 328 g/mol. The molecule has 0 aromatic heterocycles. The summed E-state index contributed by atoms with van der Waals surface area (Å²) in [5.41, 5.74) is 0.958. The van der Waals surface area contributed by atoms with Crippen molar-refractivity contribution in [1.82, 2.24) is 10.6 Å². The minimum Gasteiger partial charge on any atom is -0.396 e. The number of rotatable bonds is 7. The second kappa shape index (κ2) is 8.81. The van der Waals surface area contributed by atoms with Crippen molar-refractivity contribution in [1.29, 1.82) is 0 Å². The molecule has 1 saturated carbocycles. The van der Waals surface area contributed by atoms with Gasteiger partial charge in [0.15, 0.2) is 0 Å². The molecule has 26 heavy (non-hydrogen) atoms. The predicted octanol–water partition coefficient (Wildman–Crippen LogP) is 2.17. The summed E-state index contributed by atoms with van der Waals surface area (Å²) in [6.07, 6.45) is 4.03. The molecule has 5 nitrogen and oxygen atoms in total. The number of fused-ring (bicyclic) bond motifs is 1. The van der Waals surface area contributed by atoms with Gasteiger partial charge in [-0.05, 0) is 41.5 Å². The summed E-state index contributed by atoms with van der Waals surface area (Å²) in [5, 5.41) is 17.0. The van der Waals surface area contributed by atoms with E-state index in [4.69, 9.17) is 5.11 Å². The van der Waals surface area contributed by atoms with Gasteiger partial charge in [-0.25, -0.2) is 0 Å². The topological polar surface area (TPSA) is 78.4 Å². The summed E-state index contributed by atoms with van der Waals surface area (Å²) in [6, 6.07) is 14.0. The van der Waals surface area contributed by atoms with Gasteiger partial charge >= 0.3 is 0 Å². The van der Waals surface area contributed by atoms with E-state index in [1.54, 1.807) is 0 Å². The largest absolute Gasteiger partial charge is 0.396 e. The first-order valence-corrected chi connectivity index (χ1v) is 9.31. The van der Waals surface area contributed by atoms with E-state index in [1.165, 1.54) is 0 Å². The van der Waals surface area contributed by atoms with Crippen LogP contribution in [0.3, 0.4) is 0 Å². The Morgan fingerprint density at radius 3 is 2.69 bits per heavy atom. The molecule has 2 aromatic rings. The standard InChI is InChI=1S/C21H26N2O3/c24-12-11-16-7-4-10-19(16)23-21(26)14-22-20(25)13-17-8-3-6-15-5-1-2-9-18(15)17/h1-3,5-6,8-9,16,19,24H,4,7,10-14H2,(H,22,25)(H,23,26)/t16-,19+/m1/s1. The van der Waals surface area contributed by atoms with Gasteiger partial charge in [-0.2, -0.15) is 0 Å². The highest BCUT2D eigenvalue weighted by Crippen LogP contribution is 2.28. The molecule has 1 aliphatic rings. The summed E-state index contributed by atoms with van der Waals surface area (Å²) in [7, 11) is 0. The van der Waals surface area contributed by atoms with E-state index in [0.717, 1.165) is 42.0 Å². The van der Waals surface area contributed by atoms with Gasteiger partial charge in [-0.15, -0.1) is 0 Å². The highest BCUT2D eigenvalue weighted by molar-refractivity contribution is 5.91. The van der Waals surface area contributed by atoms with Crippen LogP contribution < -0.4 is 10.6 Å². The number of carbonyl (C=O) groups is 2. The molecule has 3 N–H and O–H groups in total. The van der Waals surface area contributed by atoms with E-state index in [-0.39, 0.29) is 37.4 Å². The SMILES string of the molecule is O=C(Cc1cccc2ccccc12)NCC(=O)N[C@H]1CCC[C@@H]1CCO. The minimum atomic E-state index is -0.161. The molecule has 1 aliphatic carbocycles. The van der Waals surface area contributed by atoms with Crippen molar-refractivity contribution in [3.63, 3.8) is 0 Å². The van der Waals surface area contributed by atoms with Crippen molar-refractivity contribution in [2.45, 2.75) is 38.1 Å². The van der Waals surface area contributed by atoms with E-state index < -0.39 is 0 Å². The van der Waals surface area contributed by atoms with Crippen LogP contribution in [0.25, 0.3) is 10.8 Å². The van der Waals surface area contributed by atoms with Gasteiger partial charge in [0.25, 0.3) is 0 Å². The number of amides is 2. The number of hydrogen-bond acceptors (Lipinski definition) is 3. The Morgan fingerprint density at radius 1 is 1.04 bits per heavy atom. The van der Waals surface area contributed by atoms with E-state index in [0.29, 0.717) is 5.92 Å². The molecule has 5 heteroatoms. The van der Waals surface area contributed by atoms with Crippen LogP contribution in [0.4, 0.5) is 0 Å². The second-order valence-corrected chi connectivity index (χ2v) is 6.97. The van der Waals surface area contributed by atoms with E-state index in [2.05, 4.69) is 10.6 Å². The molecule has 0 bridgehead atoms. The van der Waals surface area contributed by atoms with Gasteiger partial charge < -0.3 is 15.7 Å². The lowest BCUT2D eigenvalue weighted by molar-refractivity contribution is -0.126. The zero-order chi connectivity index (χ0) is 18.4. The second-order valence-electron chi connectivity index (χ2n) is 6.97. The summed E-state index contributed by atoms with van der Waals surface area (Å²) in [4.78, 5) is 24.4. The molecule has 2 amide bonds. The fourth-order valence-corrected chi connectivity index (χ4v) is 3.86. The summed E-state index contributed by atoms with van der Waals surface area (Å²) in [5.74, 6) is 0.0243. The van der Waals surface area contributed by atoms with Crippen LogP contribution in [0.5, 0.6) is 0 Å².